The second kappa shape index (κ2) is 6.75. The van der Waals surface area contributed by atoms with Crippen LogP contribution in [0.15, 0.2) is 24.3 Å². The van der Waals surface area contributed by atoms with E-state index in [1.165, 1.54) is 29.0 Å². The Kier molecular flexibility index (Phi) is 5.01. The summed E-state index contributed by atoms with van der Waals surface area (Å²) in [5.41, 5.74) is 1.02. The fraction of sp³-hybridized carbons (Fsp3) is 0.462. The molecule has 0 spiro atoms. The van der Waals surface area contributed by atoms with E-state index in [9.17, 15) is 9.18 Å². The van der Waals surface area contributed by atoms with E-state index in [0.29, 0.717) is 24.7 Å². The molecule has 0 aliphatic carbocycles. The van der Waals surface area contributed by atoms with Crippen molar-refractivity contribution in [1.29, 1.82) is 0 Å². The Labute approximate surface area is 110 Å². The number of hydrogen-bond acceptors (Lipinski definition) is 3. The number of nitrogens with zero attached hydrogens (tertiary/aromatic N) is 1. The van der Waals surface area contributed by atoms with E-state index in [4.69, 9.17) is 4.84 Å². The van der Waals surface area contributed by atoms with Gasteiger partial charge in [-0.25, -0.2) is 9.45 Å². The molecule has 0 radical (unpaired) electrons. The maximum Gasteiger partial charge on any atom is 0.256 e. The molecule has 1 amide bonds. The fourth-order valence-corrected chi connectivity index (χ4v) is 2.55. The Balaban J connectivity index is 1.71. The average Bonchev–Trinajstić information content (AvgIpc) is 2.42. The molecular weight excluding hydrogens is 253 g/mol. The highest BCUT2D eigenvalue weighted by atomic mass is 32.2. The number of hydroxylamine groups is 2. The first kappa shape index (κ1) is 13.4. The van der Waals surface area contributed by atoms with Gasteiger partial charge in [-0.05, 0) is 30.5 Å². The van der Waals surface area contributed by atoms with Gasteiger partial charge >= 0.3 is 0 Å². The minimum atomic E-state index is -0.235. The summed E-state index contributed by atoms with van der Waals surface area (Å²) >= 11 is 1.52. The molecule has 98 valence electrons. The van der Waals surface area contributed by atoms with Crippen LogP contribution in [0.1, 0.15) is 18.4 Å². The van der Waals surface area contributed by atoms with Gasteiger partial charge in [0.1, 0.15) is 5.82 Å². The van der Waals surface area contributed by atoms with Crippen LogP contribution < -0.4 is 0 Å². The molecule has 0 aromatic heterocycles. The smallest absolute Gasteiger partial charge is 0.256 e. The van der Waals surface area contributed by atoms with E-state index in [1.54, 1.807) is 12.1 Å². The van der Waals surface area contributed by atoms with Gasteiger partial charge in [-0.2, -0.15) is 0 Å². The molecule has 1 aliphatic heterocycles. The van der Waals surface area contributed by atoms with Gasteiger partial charge in [-0.15, -0.1) is 11.8 Å². The monoisotopic (exact) mass is 269 g/mol. The van der Waals surface area contributed by atoms with E-state index in [-0.39, 0.29) is 11.7 Å². The minimum absolute atomic E-state index is 0.0156. The van der Waals surface area contributed by atoms with Gasteiger partial charge in [0.25, 0.3) is 5.91 Å². The van der Waals surface area contributed by atoms with Crippen molar-refractivity contribution in [2.45, 2.75) is 18.6 Å². The molecule has 0 unspecified atom stereocenters. The molecule has 1 aromatic carbocycles. The van der Waals surface area contributed by atoms with Crippen LogP contribution in [-0.4, -0.2) is 29.9 Å². The van der Waals surface area contributed by atoms with E-state index in [1.807, 2.05) is 0 Å². The van der Waals surface area contributed by atoms with Crippen LogP contribution in [0.4, 0.5) is 4.39 Å². The third-order valence-corrected chi connectivity index (χ3v) is 3.68. The normalized spacial score (nSPS) is 15.7. The van der Waals surface area contributed by atoms with Crippen molar-refractivity contribution in [2.24, 2.45) is 0 Å². The molecule has 18 heavy (non-hydrogen) atoms. The molecule has 5 heteroatoms. The van der Waals surface area contributed by atoms with Crippen LogP contribution in [0, 0.1) is 5.82 Å². The van der Waals surface area contributed by atoms with E-state index in [0.717, 1.165) is 18.4 Å². The summed E-state index contributed by atoms with van der Waals surface area (Å²) in [6.07, 6.45) is 2.03. The van der Waals surface area contributed by atoms with Crippen molar-refractivity contribution in [3.63, 3.8) is 0 Å². The number of thioether (sulfide) groups is 1. The molecule has 1 saturated heterocycles. The van der Waals surface area contributed by atoms with Crippen LogP contribution in [0.5, 0.6) is 0 Å². The lowest BCUT2D eigenvalue weighted by Gasteiger charge is -2.25. The van der Waals surface area contributed by atoms with Crippen molar-refractivity contribution >= 4 is 17.7 Å². The largest absolute Gasteiger partial charge is 0.272 e. The number of benzene rings is 1. The number of amides is 1. The third-order valence-electron chi connectivity index (χ3n) is 2.69. The molecule has 1 heterocycles. The number of halogens is 1. The first-order valence-electron chi connectivity index (χ1n) is 6.01. The Morgan fingerprint density at radius 3 is 2.78 bits per heavy atom. The van der Waals surface area contributed by atoms with Crippen molar-refractivity contribution in [1.82, 2.24) is 5.06 Å². The van der Waals surface area contributed by atoms with Crippen LogP contribution in [0.3, 0.4) is 0 Å². The highest BCUT2D eigenvalue weighted by Crippen LogP contribution is 2.15. The minimum Gasteiger partial charge on any atom is -0.272 e. The maximum absolute atomic E-state index is 12.7. The van der Waals surface area contributed by atoms with Crippen molar-refractivity contribution in [2.75, 3.05) is 18.9 Å². The molecular formula is C13H16FNO2S. The summed E-state index contributed by atoms with van der Waals surface area (Å²) in [6, 6.07) is 6.35. The predicted octanol–water partition coefficient (Wildman–Crippen LogP) is 2.61. The molecule has 1 aliphatic rings. The second-order valence-corrected chi connectivity index (χ2v) is 5.14. The number of carbonyl (C=O) groups is 1. The van der Waals surface area contributed by atoms with Crippen LogP contribution >= 0.6 is 11.8 Å². The number of carbonyl (C=O) groups excluding carboxylic acids is 1. The quantitative estimate of drug-likeness (QED) is 0.841. The summed E-state index contributed by atoms with van der Waals surface area (Å²) in [4.78, 5) is 17.0. The second-order valence-electron chi connectivity index (χ2n) is 4.16. The van der Waals surface area contributed by atoms with Crippen molar-refractivity contribution in [3.8, 4) is 0 Å². The highest BCUT2D eigenvalue weighted by molar-refractivity contribution is 7.99. The standard InChI is InChI=1S/C13H16FNO2S/c14-12-5-3-11(4-6-12)9-18-10-13(16)15-7-1-2-8-17-15/h3-6H,1-2,7-10H2. The lowest BCUT2D eigenvalue weighted by atomic mass is 10.2. The van der Waals surface area contributed by atoms with Crippen LogP contribution in [-0.2, 0) is 15.4 Å². The van der Waals surface area contributed by atoms with Gasteiger partial charge in [0.2, 0.25) is 0 Å². The maximum atomic E-state index is 12.7. The van der Waals surface area contributed by atoms with E-state index < -0.39 is 0 Å². The van der Waals surface area contributed by atoms with Gasteiger partial charge in [0, 0.05) is 12.3 Å². The van der Waals surface area contributed by atoms with Gasteiger partial charge in [0.05, 0.1) is 12.4 Å². The molecule has 1 aromatic rings. The highest BCUT2D eigenvalue weighted by Gasteiger charge is 2.17. The summed E-state index contributed by atoms with van der Waals surface area (Å²) in [7, 11) is 0. The lowest BCUT2D eigenvalue weighted by molar-refractivity contribution is -0.194. The fourth-order valence-electron chi connectivity index (χ4n) is 1.70. The van der Waals surface area contributed by atoms with Gasteiger partial charge in [-0.3, -0.25) is 9.63 Å². The SMILES string of the molecule is O=C(CSCc1ccc(F)cc1)N1CCCCO1. The molecule has 3 nitrogen and oxygen atoms in total. The summed E-state index contributed by atoms with van der Waals surface area (Å²) in [5, 5.41) is 1.46. The molecule has 2 rings (SSSR count). The molecule has 0 bridgehead atoms. The van der Waals surface area contributed by atoms with Gasteiger partial charge < -0.3 is 0 Å². The Hall–Kier alpha value is -1.07. The Morgan fingerprint density at radius 2 is 2.11 bits per heavy atom. The zero-order valence-corrected chi connectivity index (χ0v) is 10.9. The molecule has 0 N–H and O–H groups in total. The predicted molar refractivity (Wildman–Crippen MR) is 69.5 cm³/mol. The Bertz CT molecular complexity index is 390. The van der Waals surface area contributed by atoms with E-state index in [2.05, 4.69) is 0 Å². The van der Waals surface area contributed by atoms with E-state index >= 15 is 0 Å². The van der Waals surface area contributed by atoms with Crippen molar-refractivity contribution < 1.29 is 14.0 Å². The third kappa shape index (κ3) is 3.99. The van der Waals surface area contributed by atoms with Crippen LogP contribution in [0.25, 0.3) is 0 Å². The molecule has 0 saturated carbocycles. The number of hydrogen-bond donors (Lipinski definition) is 0. The zero-order valence-electron chi connectivity index (χ0n) is 10.1. The Morgan fingerprint density at radius 1 is 1.33 bits per heavy atom. The number of rotatable bonds is 4. The summed E-state index contributed by atoms with van der Waals surface area (Å²) < 4.78 is 12.7. The zero-order chi connectivity index (χ0) is 12.8. The molecule has 1 fully saturated rings. The van der Waals surface area contributed by atoms with Gasteiger partial charge in [0.15, 0.2) is 0 Å². The van der Waals surface area contributed by atoms with Crippen LogP contribution in [0.2, 0.25) is 0 Å². The first-order valence-corrected chi connectivity index (χ1v) is 7.16. The lowest BCUT2D eigenvalue weighted by Crippen LogP contribution is -2.36. The van der Waals surface area contributed by atoms with Gasteiger partial charge in [-0.1, -0.05) is 12.1 Å². The summed E-state index contributed by atoms with van der Waals surface area (Å²) in [6.45, 7) is 1.32. The van der Waals surface area contributed by atoms with Crippen molar-refractivity contribution in [3.05, 3.63) is 35.6 Å². The summed E-state index contributed by atoms with van der Waals surface area (Å²) in [5.74, 6) is 0.889. The topological polar surface area (TPSA) is 29.5 Å². The molecule has 0 atom stereocenters. The first-order chi connectivity index (χ1) is 8.75. The average molecular weight is 269 g/mol.